The van der Waals surface area contributed by atoms with Crippen LogP contribution in [0.2, 0.25) is 0 Å². The molecule has 3 heterocycles. The number of para-hydroxylation sites is 1. The van der Waals surface area contributed by atoms with E-state index in [1.807, 2.05) is 72.5 Å². The number of anilines is 1. The van der Waals surface area contributed by atoms with Crippen molar-refractivity contribution in [2.75, 3.05) is 38.6 Å². The lowest BCUT2D eigenvalue weighted by Crippen LogP contribution is -2.38. The van der Waals surface area contributed by atoms with Crippen LogP contribution in [0.15, 0.2) is 73.1 Å². The summed E-state index contributed by atoms with van der Waals surface area (Å²) in [6.07, 6.45) is 9.75. The highest BCUT2D eigenvalue weighted by atomic mass is 16.5. The summed E-state index contributed by atoms with van der Waals surface area (Å²) in [5.74, 6) is 2.59. The fourth-order valence-electron chi connectivity index (χ4n) is 4.84. The number of carbonyl (C=O) groups is 1. The van der Waals surface area contributed by atoms with Gasteiger partial charge in [0.25, 0.3) is 0 Å². The van der Waals surface area contributed by atoms with Crippen LogP contribution < -0.4 is 15.8 Å². The highest BCUT2D eigenvalue weighted by Gasteiger charge is 2.19. The molecule has 2 aromatic carbocycles. The second-order valence-corrected chi connectivity index (χ2v) is 11.1. The summed E-state index contributed by atoms with van der Waals surface area (Å²) in [5.41, 5.74) is 8.15. The predicted molar refractivity (Wildman–Crippen MR) is 177 cm³/mol. The van der Waals surface area contributed by atoms with E-state index in [2.05, 4.69) is 36.1 Å². The largest absolute Gasteiger partial charge is 0.457 e. The third kappa shape index (κ3) is 11.2. The molecular formula is C35H48N6O3. The van der Waals surface area contributed by atoms with Crippen LogP contribution in [0.4, 0.5) is 5.82 Å². The zero-order valence-corrected chi connectivity index (χ0v) is 26.6. The monoisotopic (exact) mass is 600 g/mol. The number of rotatable bonds is 8. The highest BCUT2D eigenvalue weighted by molar-refractivity contribution is 6.14. The second kappa shape index (κ2) is 18.6. The maximum absolute atomic E-state index is 11.9. The van der Waals surface area contributed by atoms with Gasteiger partial charge in [0.1, 0.15) is 23.6 Å². The fourth-order valence-corrected chi connectivity index (χ4v) is 4.84. The van der Waals surface area contributed by atoms with Gasteiger partial charge in [0.15, 0.2) is 0 Å². The van der Waals surface area contributed by atoms with Crippen LogP contribution in [0.3, 0.4) is 0 Å². The molecule has 1 amide bonds. The molecule has 4 N–H and O–H groups in total. The van der Waals surface area contributed by atoms with Gasteiger partial charge in [0, 0.05) is 43.9 Å². The molecule has 236 valence electrons. The lowest BCUT2D eigenvalue weighted by molar-refractivity contribution is -0.127. The molecule has 9 nitrogen and oxygen atoms in total. The Morgan fingerprint density at radius 1 is 1.11 bits per heavy atom. The van der Waals surface area contributed by atoms with Gasteiger partial charge in [-0.05, 0) is 68.5 Å². The molecule has 0 saturated carbocycles. The predicted octanol–water partition coefficient (Wildman–Crippen LogP) is 6.17. The number of aromatic nitrogens is 2. The van der Waals surface area contributed by atoms with Crippen LogP contribution in [0, 0.1) is 18.3 Å². The smallest absolute Gasteiger partial charge is 0.246 e. The van der Waals surface area contributed by atoms with E-state index >= 15 is 0 Å². The third-order valence-electron chi connectivity index (χ3n) is 7.12. The van der Waals surface area contributed by atoms with E-state index in [1.165, 1.54) is 19.2 Å². The maximum Gasteiger partial charge on any atom is 0.246 e. The topological polar surface area (TPSA) is 126 Å². The minimum atomic E-state index is 0.158. The fraction of sp³-hybridized carbons (Fsp3) is 0.429. The molecular weight excluding hydrogens is 552 g/mol. The first-order chi connectivity index (χ1) is 21.3. The molecule has 0 aliphatic carbocycles. The number of nitrogen functional groups attached to an aromatic ring is 1. The van der Waals surface area contributed by atoms with E-state index in [1.54, 1.807) is 6.08 Å². The molecule has 0 bridgehead atoms. The number of amides is 1. The summed E-state index contributed by atoms with van der Waals surface area (Å²) in [5, 5.41) is 11.7. The number of piperidine rings is 1. The van der Waals surface area contributed by atoms with Crippen LogP contribution in [0.1, 0.15) is 63.3 Å². The summed E-state index contributed by atoms with van der Waals surface area (Å²) < 4.78 is 11.0. The van der Waals surface area contributed by atoms with Gasteiger partial charge in [-0.2, -0.15) is 0 Å². The van der Waals surface area contributed by atoms with Crippen LogP contribution in [-0.4, -0.2) is 65.4 Å². The van der Waals surface area contributed by atoms with E-state index < -0.39 is 0 Å². The van der Waals surface area contributed by atoms with Crippen molar-refractivity contribution in [2.45, 2.75) is 59.4 Å². The number of carbonyl (C=O) groups excluding carboxylic acids is 1. The molecule has 2 atom stereocenters. The summed E-state index contributed by atoms with van der Waals surface area (Å²) in [4.78, 5) is 22.0. The van der Waals surface area contributed by atoms with E-state index in [0.29, 0.717) is 40.5 Å². The first kappa shape index (κ1) is 34.4. The van der Waals surface area contributed by atoms with E-state index in [-0.39, 0.29) is 5.91 Å². The number of hydrogen-bond acceptors (Lipinski definition) is 8. The molecule has 2 fully saturated rings. The van der Waals surface area contributed by atoms with E-state index in [0.717, 1.165) is 57.0 Å². The number of benzene rings is 2. The van der Waals surface area contributed by atoms with Crippen molar-refractivity contribution in [1.82, 2.24) is 20.2 Å². The SMILES string of the molecule is CCC.C[C@@H]1CCCN(C(=O)/C=C/CN[C@H]2CCOC2)C1.Cc1ncnc(N)c1C(=N)c1ccc(Oc2ccccc2)cc1. The summed E-state index contributed by atoms with van der Waals surface area (Å²) >= 11 is 0. The van der Waals surface area contributed by atoms with E-state index in [9.17, 15) is 4.79 Å². The first-order valence-corrected chi connectivity index (χ1v) is 15.6. The van der Waals surface area contributed by atoms with Gasteiger partial charge in [0.2, 0.25) is 5.91 Å². The van der Waals surface area contributed by atoms with Gasteiger partial charge in [-0.15, -0.1) is 0 Å². The van der Waals surface area contributed by atoms with Crippen molar-refractivity contribution in [2.24, 2.45) is 5.92 Å². The number of nitrogens with one attached hydrogen (secondary N) is 2. The number of nitrogens with zero attached hydrogens (tertiary/aromatic N) is 3. The van der Waals surface area contributed by atoms with Crippen LogP contribution in [0.25, 0.3) is 0 Å². The molecule has 2 aliphatic heterocycles. The third-order valence-corrected chi connectivity index (χ3v) is 7.12. The summed E-state index contributed by atoms with van der Waals surface area (Å²) in [6, 6.07) is 17.3. The molecule has 9 heteroatoms. The van der Waals surface area contributed by atoms with Crippen LogP contribution in [-0.2, 0) is 9.53 Å². The lowest BCUT2D eigenvalue weighted by Gasteiger charge is -2.30. The second-order valence-electron chi connectivity index (χ2n) is 11.1. The molecule has 0 spiro atoms. The Morgan fingerprint density at radius 3 is 2.45 bits per heavy atom. The Hall–Kier alpha value is -4.08. The molecule has 44 heavy (non-hydrogen) atoms. The zero-order valence-electron chi connectivity index (χ0n) is 26.6. The van der Waals surface area contributed by atoms with Crippen LogP contribution >= 0.6 is 0 Å². The number of nitrogens with two attached hydrogens (primary N) is 1. The summed E-state index contributed by atoms with van der Waals surface area (Å²) in [7, 11) is 0. The van der Waals surface area contributed by atoms with Crippen molar-refractivity contribution in [3.8, 4) is 11.5 Å². The van der Waals surface area contributed by atoms with Gasteiger partial charge in [0.05, 0.1) is 23.6 Å². The van der Waals surface area contributed by atoms with Crippen LogP contribution in [0.5, 0.6) is 11.5 Å². The average Bonchev–Trinajstić information content (AvgIpc) is 3.54. The van der Waals surface area contributed by atoms with Crippen molar-refractivity contribution in [3.05, 3.63) is 89.9 Å². The molecule has 2 aliphatic rings. The molecule has 0 unspecified atom stereocenters. The van der Waals surface area contributed by atoms with Gasteiger partial charge in [-0.3, -0.25) is 10.2 Å². The number of ether oxygens (including phenoxy) is 2. The molecule has 2 saturated heterocycles. The first-order valence-electron chi connectivity index (χ1n) is 15.6. The van der Waals surface area contributed by atoms with Gasteiger partial charge in [-0.1, -0.05) is 51.5 Å². The lowest BCUT2D eigenvalue weighted by atomic mass is 10.0. The van der Waals surface area contributed by atoms with Crippen molar-refractivity contribution in [3.63, 3.8) is 0 Å². The quantitative estimate of drug-likeness (QED) is 0.208. The Labute approximate surface area is 262 Å². The van der Waals surface area contributed by atoms with Crippen molar-refractivity contribution < 1.29 is 14.3 Å². The number of likely N-dealkylation sites (tertiary alicyclic amines) is 1. The number of hydrogen-bond donors (Lipinski definition) is 3. The summed E-state index contributed by atoms with van der Waals surface area (Å²) in [6.45, 7) is 12.5. The van der Waals surface area contributed by atoms with Gasteiger partial charge < -0.3 is 25.4 Å². The normalized spacial score (nSPS) is 17.7. The average molecular weight is 601 g/mol. The minimum absolute atomic E-state index is 0.158. The molecule has 0 radical (unpaired) electrons. The standard InChI is InChI=1S/C18H16N4O.C14H24N2O2.C3H8/c1-12-16(18(20)22-11-21-12)17(19)13-7-9-15(10-8-13)23-14-5-3-2-4-6-14;1-12-4-3-8-16(10-12)14(17)5-2-7-15-13-6-9-18-11-13;1-3-2/h2-11,19H,1H3,(H2,20,21,22);2,5,12-13,15H,3-4,6-11H2,1H3;3H2,1-2H3/b;5-2+;/t;12-,13+;/m.1./s1. The zero-order chi connectivity index (χ0) is 31.7. The molecule has 1 aromatic heterocycles. The Bertz CT molecular complexity index is 1300. The van der Waals surface area contributed by atoms with Gasteiger partial charge >= 0.3 is 0 Å². The van der Waals surface area contributed by atoms with E-state index in [4.69, 9.17) is 20.6 Å². The van der Waals surface area contributed by atoms with Crippen molar-refractivity contribution >= 4 is 17.4 Å². The Morgan fingerprint density at radius 2 is 1.82 bits per heavy atom. The number of aryl methyl sites for hydroxylation is 1. The molecule has 5 rings (SSSR count). The van der Waals surface area contributed by atoms with Crippen molar-refractivity contribution in [1.29, 1.82) is 5.41 Å². The minimum Gasteiger partial charge on any atom is -0.457 e. The maximum atomic E-state index is 11.9. The molecule has 3 aromatic rings. The Kier molecular flexibility index (Phi) is 14.5. The van der Waals surface area contributed by atoms with Gasteiger partial charge in [-0.25, -0.2) is 9.97 Å². The Balaban J connectivity index is 0.000000227. The highest BCUT2D eigenvalue weighted by Crippen LogP contribution is 2.23.